The van der Waals surface area contributed by atoms with Gasteiger partial charge in [-0.2, -0.15) is 32.1 Å². The van der Waals surface area contributed by atoms with E-state index in [0.29, 0.717) is 19.6 Å². The predicted octanol–water partition coefficient (Wildman–Crippen LogP) is 4.47. The zero-order chi connectivity index (χ0) is 23.4. The van der Waals surface area contributed by atoms with E-state index in [1.54, 1.807) is 18.5 Å². The summed E-state index contributed by atoms with van der Waals surface area (Å²) in [5, 5.41) is 4.50. The minimum atomic E-state index is -0.836. The molecule has 0 bridgehead atoms. The molecule has 10 heteroatoms. The molecule has 36 heavy (non-hydrogen) atoms. The van der Waals surface area contributed by atoms with Crippen LogP contribution < -0.4 is 4.90 Å². The summed E-state index contributed by atoms with van der Waals surface area (Å²) >= 11 is 0. The number of nitrogens with zero attached hydrogens (tertiary/aromatic N) is 6. The first-order valence-electron chi connectivity index (χ1n) is 11.5. The van der Waals surface area contributed by atoms with Crippen molar-refractivity contribution in [2.75, 3.05) is 38.6 Å². The highest BCUT2D eigenvalue weighted by molar-refractivity contribution is 7.59. The fourth-order valence-electron chi connectivity index (χ4n) is 5.19. The van der Waals surface area contributed by atoms with Crippen LogP contribution in [0.3, 0.4) is 0 Å². The first kappa shape index (κ1) is 26.2. The van der Waals surface area contributed by atoms with Crippen molar-refractivity contribution in [3.05, 3.63) is 72.4 Å². The Hall–Kier alpha value is -2.82. The molecule has 4 aromatic rings. The Balaban J connectivity index is 0.00000152. The van der Waals surface area contributed by atoms with Crippen LogP contribution in [-0.2, 0) is 6.54 Å². The van der Waals surface area contributed by atoms with Crippen molar-refractivity contribution in [3.8, 4) is 28.3 Å². The van der Waals surface area contributed by atoms with Gasteiger partial charge in [-0.1, -0.05) is 12.1 Å². The highest BCUT2D eigenvalue weighted by Crippen LogP contribution is 2.35. The lowest BCUT2D eigenvalue weighted by Gasteiger charge is -2.21. The third-order valence-corrected chi connectivity index (χ3v) is 6.81. The van der Waals surface area contributed by atoms with Gasteiger partial charge in [0, 0.05) is 49.5 Å². The topological polar surface area (TPSA) is 42.1 Å². The number of benzene rings is 2. The normalized spacial score (nSPS) is 18.1. The van der Waals surface area contributed by atoms with Crippen molar-refractivity contribution in [1.29, 1.82) is 0 Å². The molecular weight excluding hydrogens is 498 g/mol. The van der Waals surface area contributed by atoms with E-state index in [0.717, 1.165) is 46.1 Å². The van der Waals surface area contributed by atoms with E-state index in [-0.39, 0.29) is 38.7 Å². The van der Waals surface area contributed by atoms with E-state index in [9.17, 15) is 8.78 Å². The molecule has 1 saturated heterocycles. The molecule has 6 rings (SSSR count). The average Bonchev–Trinajstić information content (AvgIpc) is 3.52. The maximum absolute atomic E-state index is 14.7. The zero-order valence-electron chi connectivity index (χ0n) is 20.2. The number of rotatable bonds is 4. The van der Waals surface area contributed by atoms with Crippen LogP contribution in [0.4, 0.5) is 14.5 Å². The molecule has 2 aliphatic heterocycles. The molecule has 4 heterocycles. The van der Waals surface area contributed by atoms with Gasteiger partial charge in [0.05, 0.1) is 11.4 Å². The lowest BCUT2D eigenvalue weighted by molar-refractivity contribution is 0.231. The van der Waals surface area contributed by atoms with Crippen LogP contribution in [0, 0.1) is 11.7 Å². The molecular formula is C26H30F2N6S2. The molecule has 0 aliphatic carbocycles. The molecule has 0 N–H and O–H groups in total. The van der Waals surface area contributed by atoms with E-state index < -0.39 is 6.17 Å². The first-order chi connectivity index (χ1) is 16.5. The van der Waals surface area contributed by atoms with Crippen molar-refractivity contribution in [2.45, 2.75) is 12.7 Å². The molecule has 2 aliphatic rings. The van der Waals surface area contributed by atoms with E-state index in [1.807, 2.05) is 18.8 Å². The Morgan fingerprint density at radius 3 is 2.53 bits per heavy atom. The van der Waals surface area contributed by atoms with Crippen LogP contribution in [0.1, 0.15) is 5.56 Å². The van der Waals surface area contributed by atoms with Gasteiger partial charge in [0.1, 0.15) is 18.3 Å². The Morgan fingerprint density at radius 1 is 1.00 bits per heavy atom. The fraction of sp³-hybridized carbons (Fsp3) is 0.308. The third kappa shape index (κ3) is 4.65. The van der Waals surface area contributed by atoms with E-state index in [4.69, 9.17) is 0 Å². The van der Waals surface area contributed by atoms with Crippen molar-refractivity contribution < 1.29 is 8.78 Å². The summed E-state index contributed by atoms with van der Waals surface area (Å²) in [5.74, 6) is 0.511. The summed E-state index contributed by atoms with van der Waals surface area (Å²) in [4.78, 5) is 8.73. The van der Waals surface area contributed by atoms with Crippen LogP contribution in [0.25, 0.3) is 28.3 Å². The highest BCUT2D eigenvalue weighted by atomic mass is 32.1. The van der Waals surface area contributed by atoms with Crippen LogP contribution in [0.5, 0.6) is 0 Å². The standard InChI is InChI=1S/C26H26F2N6.2H2S/c1-31(2)11-20-14-32(15-23(20)28)22-7-8-24-19(9-22)13-33-12-18(17-3-5-21(27)6-4-17)10-25(33)26-29-16-30-34(24)26;;/h3-10,12,16,20,23H,11,13-15H2,1-2H3;2*1H2/t20-,23+;;/m0../s1. The number of hydrogen-bond donors (Lipinski definition) is 0. The molecule has 0 unspecified atom stereocenters. The van der Waals surface area contributed by atoms with E-state index in [2.05, 4.69) is 54.9 Å². The van der Waals surface area contributed by atoms with Gasteiger partial charge >= 0.3 is 0 Å². The number of aromatic nitrogens is 4. The summed E-state index contributed by atoms with van der Waals surface area (Å²) in [6, 6.07) is 14.8. The second-order valence-electron chi connectivity index (χ2n) is 9.50. The molecule has 2 aromatic heterocycles. The molecule has 0 saturated carbocycles. The molecule has 0 radical (unpaired) electrons. The third-order valence-electron chi connectivity index (χ3n) is 6.81. The van der Waals surface area contributed by atoms with Gasteiger partial charge in [0.25, 0.3) is 0 Å². The number of hydrogen-bond acceptors (Lipinski definition) is 4. The number of alkyl halides is 1. The summed E-state index contributed by atoms with van der Waals surface area (Å²) < 4.78 is 32.2. The smallest absolute Gasteiger partial charge is 0.179 e. The van der Waals surface area contributed by atoms with Crippen molar-refractivity contribution in [3.63, 3.8) is 0 Å². The molecule has 6 nitrogen and oxygen atoms in total. The predicted molar refractivity (Wildman–Crippen MR) is 149 cm³/mol. The van der Waals surface area contributed by atoms with Crippen LogP contribution >= 0.6 is 27.0 Å². The maximum atomic E-state index is 14.7. The summed E-state index contributed by atoms with van der Waals surface area (Å²) in [6.45, 7) is 2.49. The molecule has 0 spiro atoms. The van der Waals surface area contributed by atoms with Gasteiger partial charge in [-0.15, -0.1) is 0 Å². The minimum absolute atomic E-state index is 0. The largest absolute Gasteiger partial charge is 0.368 e. The van der Waals surface area contributed by atoms with Gasteiger partial charge in [0.15, 0.2) is 5.82 Å². The SMILES string of the molecule is CN(C)C[C@H]1CN(c2ccc3c(c2)Cn2cc(-c4ccc(F)cc4)cc2-c2ncnn2-3)C[C@H]1F.S.S. The summed E-state index contributed by atoms with van der Waals surface area (Å²) in [5.41, 5.74) is 5.99. The van der Waals surface area contributed by atoms with Crippen molar-refractivity contribution in [1.82, 2.24) is 24.2 Å². The van der Waals surface area contributed by atoms with Gasteiger partial charge in [0.2, 0.25) is 0 Å². The highest BCUT2D eigenvalue weighted by Gasteiger charge is 2.33. The van der Waals surface area contributed by atoms with Crippen LogP contribution in [0.2, 0.25) is 0 Å². The van der Waals surface area contributed by atoms with Crippen LogP contribution in [-0.4, -0.2) is 64.1 Å². The van der Waals surface area contributed by atoms with Gasteiger partial charge in [-0.3, -0.25) is 0 Å². The van der Waals surface area contributed by atoms with E-state index in [1.165, 1.54) is 12.1 Å². The molecule has 190 valence electrons. The lowest BCUT2D eigenvalue weighted by atomic mass is 10.1. The second kappa shape index (κ2) is 10.3. The van der Waals surface area contributed by atoms with Gasteiger partial charge in [-0.25, -0.2) is 18.4 Å². The second-order valence-corrected chi connectivity index (χ2v) is 9.50. The van der Waals surface area contributed by atoms with Crippen LogP contribution in [0.15, 0.2) is 61.1 Å². The quantitative estimate of drug-likeness (QED) is 0.345. The monoisotopic (exact) mass is 528 g/mol. The molecule has 1 fully saturated rings. The molecule has 0 amide bonds. The summed E-state index contributed by atoms with van der Waals surface area (Å²) in [7, 11) is 3.98. The summed E-state index contributed by atoms with van der Waals surface area (Å²) in [6.07, 6.45) is 2.80. The number of anilines is 1. The van der Waals surface area contributed by atoms with Crippen molar-refractivity contribution in [2.24, 2.45) is 5.92 Å². The Labute approximate surface area is 223 Å². The van der Waals surface area contributed by atoms with Gasteiger partial charge < -0.3 is 14.4 Å². The zero-order valence-corrected chi connectivity index (χ0v) is 22.2. The molecule has 2 aromatic carbocycles. The van der Waals surface area contributed by atoms with Crippen molar-refractivity contribution >= 4 is 32.7 Å². The molecule has 2 atom stereocenters. The number of halogens is 2. The Morgan fingerprint density at radius 2 is 1.78 bits per heavy atom. The Bertz CT molecular complexity index is 1350. The maximum Gasteiger partial charge on any atom is 0.179 e. The Kier molecular flexibility index (Phi) is 7.49. The number of fused-ring (bicyclic) bond motifs is 5. The lowest BCUT2D eigenvalue weighted by Crippen LogP contribution is -2.28. The minimum Gasteiger partial charge on any atom is -0.368 e. The average molecular weight is 529 g/mol. The first-order valence-corrected chi connectivity index (χ1v) is 11.5. The fourth-order valence-corrected chi connectivity index (χ4v) is 5.19. The van der Waals surface area contributed by atoms with E-state index >= 15 is 0 Å². The van der Waals surface area contributed by atoms with Gasteiger partial charge in [-0.05, 0) is 61.6 Å².